The summed E-state index contributed by atoms with van der Waals surface area (Å²) < 4.78 is 0. The summed E-state index contributed by atoms with van der Waals surface area (Å²) in [4.78, 5) is 2.67. The van der Waals surface area contributed by atoms with Crippen molar-refractivity contribution in [3.8, 4) is 0 Å². The highest BCUT2D eigenvalue weighted by atomic mass is 16.3. The molecule has 21 heavy (non-hydrogen) atoms. The lowest BCUT2D eigenvalue weighted by atomic mass is 9.88. The van der Waals surface area contributed by atoms with Crippen molar-refractivity contribution in [1.29, 1.82) is 0 Å². The van der Waals surface area contributed by atoms with Gasteiger partial charge < -0.3 is 15.3 Å². The zero-order valence-electron chi connectivity index (χ0n) is 14.4. The highest BCUT2D eigenvalue weighted by Gasteiger charge is 2.31. The SMILES string of the molecule is CCC(O)CC1CC(NCCC(C)C)CN(CC2CC2)C1. The van der Waals surface area contributed by atoms with Crippen molar-refractivity contribution in [2.45, 2.75) is 71.4 Å². The number of nitrogens with zero attached hydrogens (tertiary/aromatic N) is 1. The molecule has 0 radical (unpaired) electrons. The van der Waals surface area contributed by atoms with Crippen LogP contribution < -0.4 is 5.32 Å². The molecule has 2 rings (SSSR count). The molecule has 1 saturated carbocycles. The van der Waals surface area contributed by atoms with Crippen LogP contribution in [0.4, 0.5) is 0 Å². The van der Waals surface area contributed by atoms with Gasteiger partial charge in [-0.05, 0) is 62.8 Å². The third kappa shape index (κ3) is 6.66. The lowest BCUT2D eigenvalue weighted by molar-refractivity contribution is 0.0815. The fourth-order valence-electron chi connectivity index (χ4n) is 3.56. The van der Waals surface area contributed by atoms with Gasteiger partial charge in [-0.2, -0.15) is 0 Å². The van der Waals surface area contributed by atoms with Gasteiger partial charge in [0.1, 0.15) is 0 Å². The number of aliphatic hydroxyl groups excluding tert-OH is 1. The van der Waals surface area contributed by atoms with Gasteiger partial charge in [-0.25, -0.2) is 0 Å². The molecule has 124 valence electrons. The van der Waals surface area contributed by atoms with Crippen molar-refractivity contribution in [3.63, 3.8) is 0 Å². The molecule has 2 fully saturated rings. The Morgan fingerprint density at radius 3 is 2.57 bits per heavy atom. The normalized spacial score (nSPS) is 29.0. The lowest BCUT2D eigenvalue weighted by Gasteiger charge is -2.39. The predicted octanol–water partition coefficient (Wildman–Crippen LogP) is 2.88. The van der Waals surface area contributed by atoms with Gasteiger partial charge in [-0.3, -0.25) is 0 Å². The van der Waals surface area contributed by atoms with Gasteiger partial charge >= 0.3 is 0 Å². The molecule has 1 aliphatic heterocycles. The molecule has 1 aliphatic carbocycles. The molecule has 3 nitrogen and oxygen atoms in total. The van der Waals surface area contributed by atoms with Gasteiger partial charge in [0.2, 0.25) is 0 Å². The first-order valence-electron chi connectivity index (χ1n) is 9.20. The number of aliphatic hydroxyl groups is 1. The molecule has 0 amide bonds. The van der Waals surface area contributed by atoms with Crippen molar-refractivity contribution in [2.75, 3.05) is 26.2 Å². The monoisotopic (exact) mass is 296 g/mol. The third-order valence-electron chi connectivity index (χ3n) is 5.06. The summed E-state index contributed by atoms with van der Waals surface area (Å²) in [6.45, 7) is 11.5. The Morgan fingerprint density at radius 1 is 1.19 bits per heavy atom. The van der Waals surface area contributed by atoms with Crippen LogP contribution in [0.5, 0.6) is 0 Å². The van der Waals surface area contributed by atoms with Crippen LogP contribution in [0.2, 0.25) is 0 Å². The molecule has 1 saturated heterocycles. The maximum atomic E-state index is 9.99. The molecule has 1 heterocycles. The van der Waals surface area contributed by atoms with E-state index in [0.717, 1.165) is 31.2 Å². The highest BCUT2D eigenvalue weighted by Crippen LogP contribution is 2.32. The van der Waals surface area contributed by atoms with Crippen LogP contribution in [0.25, 0.3) is 0 Å². The Morgan fingerprint density at radius 2 is 1.95 bits per heavy atom. The summed E-state index contributed by atoms with van der Waals surface area (Å²) in [7, 11) is 0. The lowest BCUT2D eigenvalue weighted by Crippen LogP contribution is -2.50. The van der Waals surface area contributed by atoms with Crippen LogP contribution in [0, 0.1) is 17.8 Å². The first kappa shape index (κ1) is 17.2. The Labute approximate surface area is 131 Å². The van der Waals surface area contributed by atoms with Crippen molar-refractivity contribution in [3.05, 3.63) is 0 Å². The summed E-state index contributed by atoms with van der Waals surface area (Å²) in [5.74, 6) is 2.42. The molecule has 2 N–H and O–H groups in total. The Balaban J connectivity index is 1.80. The molecule has 3 atom stereocenters. The molecule has 3 unspecified atom stereocenters. The van der Waals surface area contributed by atoms with Crippen molar-refractivity contribution < 1.29 is 5.11 Å². The predicted molar refractivity (Wildman–Crippen MR) is 89.4 cm³/mol. The van der Waals surface area contributed by atoms with E-state index in [-0.39, 0.29) is 6.10 Å². The second-order valence-corrected chi connectivity index (χ2v) is 7.89. The third-order valence-corrected chi connectivity index (χ3v) is 5.06. The number of hydrogen-bond donors (Lipinski definition) is 2. The quantitative estimate of drug-likeness (QED) is 0.687. The number of nitrogens with one attached hydrogen (secondary N) is 1. The zero-order valence-corrected chi connectivity index (χ0v) is 14.4. The van der Waals surface area contributed by atoms with E-state index in [1.54, 1.807) is 0 Å². The molecular formula is C18H36N2O. The van der Waals surface area contributed by atoms with E-state index in [1.807, 2.05) is 0 Å². The van der Waals surface area contributed by atoms with Crippen molar-refractivity contribution >= 4 is 0 Å². The zero-order chi connectivity index (χ0) is 15.2. The van der Waals surface area contributed by atoms with E-state index in [0.29, 0.717) is 12.0 Å². The maximum Gasteiger partial charge on any atom is 0.0540 e. The van der Waals surface area contributed by atoms with Gasteiger partial charge in [0, 0.05) is 25.7 Å². The number of piperidine rings is 1. The van der Waals surface area contributed by atoms with E-state index >= 15 is 0 Å². The van der Waals surface area contributed by atoms with Crippen LogP contribution in [0.3, 0.4) is 0 Å². The molecule has 0 aromatic rings. The average molecular weight is 296 g/mol. The largest absolute Gasteiger partial charge is 0.393 e. The Kier molecular flexibility index (Phi) is 6.97. The van der Waals surface area contributed by atoms with Crippen molar-refractivity contribution in [1.82, 2.24) is 10.2 Å². The van der Waals surface area contributed by atoms with Gasteiger partial charge in [0.15, 0.2) is 0 Å². The van der Waals surface area contributed by atoms with E-state index in [2.05, 4.69) is 31.0 Å². The van der Waals surface area contributed by atoms with Crippen LogP contribution in [0.15, 0.2) is 0 Å². The minimum absolute atomic E-state index is 0.104. The highest BCUT2D eigenvalue weighted by molar-refractivity contribution is 4.87. The molecule has 0 spiro atoms. The Bertz CT molecular complexity index is 291. The first-order valence-corrected chi connectivity index (χ1v) is 9.20. The van der Waals surface area contributed by atoms with Gasteiger partial charge in [-0.15, -0.1) is 0 Å². The van der Waals surface area contributed by atoms with Crippen LogP contribution in [0.1, 0.15) is 59.3 Å². The summed E-state index contributed by atoms with van der Waals surface area (Å²) in [5.41, 5.74) is 0. The van der Waals surface area contributed by atoms with Crippen LogP contribution >= 0.6 is 0 Å². The topological polar surface area (TPSA) is 35.5 Å². The molecule has 0 bridgehead atoms. The fourth-order valence-corrected chi connectivity index (χ4v) is 3.56. The molecule has 2 aliphatic rings. The standard InChI is InChI=1S/C18H36N2O/c1-4-18(21)10-16-9-17(19-8-7-14(2)3)13-20(12-16)11-15-5-6-15/h14-19,21H,4-13H2,1-3H3. The summed E-state index contributed by atoms with van der Waals surface area (Å²) in [6, 6.07) is 0.630. The van der Waals surface area contributed by atoms with Crippen LogP contribution in [-0.4, -0.2) is 48.3 Å². The maximum absolute atomic E-state index is 9.99. The van der Waals surface area contributed by atoms with Gasteiger partial charge in [-0.1, -0.05) is 20.8 Å². The van der Waals surface area contributed by atoms with Crippen LogP contribution in [-0.2, 0) is 0 Å². The Hall–Kier alpha value is -0.120. The fraction of sp³-hybridized carbons (Fsp3) is 1.00. The molecule has 0 aromatic heterocycles. The average Bonchev–Trinajstić information content (AvgIpc) is 3.21. The smallest absolute Gasteiger partial charge is 0.0540 e. The molecule has 3 heteroatoms. The number of rotatable bonds is 9. The summed E-state index contributed by atoms with van der Waals surface area (Å²) in [5, 5.41) is 13.8. The summed E-state index contributed by atoms with van der Waals surface area (Å²) in [6.07, 6.45) is 7.16. The van der Waals surface area contributed by atoms with Crippen molar-refractivity contribution in [2.24, 2.45) is 17.8 Å². The number of hydrogen-bond acceptors (Lipinski definition) is 3. The molecule has 0 aromatic carbocycles. The second-order valence-electron chi connectivity index (χ2n) is 7.89. The first-order chi connectivity index (χ1) is 10.1. The van der Waals surface area contributed by atoms with Gasteiger partial charge in [0.05, 0.1) is 6.10 Å². The van der Waals surface area contributed by atoms with E-state index in [1.165, 1.54) is 45.3 Å². The minimum atomic E-state index is -0.104. The minimum Gasteiger partial charge on any atom is -0.393 e. The van der Waals surface area contributed by atoms with Gasteiger partial charge in [0.25, 0.3) is 0 Å². The molecular weight excluding hydrogens is 260 g/mol. The number of likely N-dealkylation sites (tertiary alicyclic amines) is 1. The van der Waals surface area contributed by atoms with E-state index in [9.17, 15) is 5.11 Å². The van der Waals surface area contributed by atoms with E-state index < -0.39 is 0 Å². The summed E-state index contributed by atoms with van der Waals surface area (Å²) >= 11 is 0. The second kappa shape index (κ2) is 8.50. The van der Waals surface area contributed by atoms with E-state index in [4.69, 9.17) is 0 Å².